The third-order valence-electron chi connectivity index (χ3n) is 8.98. The van der Waals surface area contributed by atoms with Gasteiger partial charge in [-0.3, -0.25) is 9.59 Å². The van der Waals surface area contributed by atoms with Gasteiger partial charge < -0.3 is 15.2 Å². The van der Waals surface area contributed by atoms with Gasteiger partial charge in [-0.1, -0.05) is 30.8 Å². The average Bonchev–Trinajstić information content (AvgIpc) is 3.11. The van der Waals surface area contributed by atoms with Crippen LogP contribution in [0.1, 0.15) is 109 Å². The number of amides is 2. The fraction of sp³-hybridized carbons (Fsp3) is 0.846. The maximum Gasteiger partial charge on any atom is 0.227 e. The minimum absolute atomic E-state index is 0.0607. The van der Waals surface area contributed by atoms with Crippen molar-refractivity contribution in [2.75, 3.05) is 6.54 Å². The van der Waals surface area contributed by atoms with Gasteiger partial charge >= 0.3 is 0 Å². The summed E-state index contributed by atoms with van der Waals surface area (Å²) in [6, 6.07) is 0. The van der Waals surface area contributed by atoms with E-state index in [1.54, 1.807) is 6.92 Å². The number of aryl methyl sites for hydroxylation is 1. The fourth-order valence-electron chi connectivity index (χ4n) is 8.00. The summed E-state index contributed by atoms with van der Waals surface area (Å²) in [5, 5.41) is 10.5. The first kappa shape index (κ1) is 22.9. The third-order valence-corrected chi connectivity index (χ3v) is 8.98. The minimum atomic E-state index is -0.537. The topological polar surface area (TPSA) is 97.1 Å². The Morgan fingerprint density at radius 3 is 2.24 bits per heavy atom. The normalized spacial score (nSPS) is 32.3. The van der Waals surface area contributed by atoms with Crippen LogP contribution in [0.5, 0.6) is 0 Å². The van der Waals surface area contributed by atoms with E-state index in [-0.39, 0.29) is 11.8 Å². The number of nitrogens with one attached hydrogen (secondary N) is 2. The molecule has 7 heteroatoms. The second kappa shape index (κ2) is 9.38. The monoisotopic (exact) mass is 456 g/mol. The lowest BCUT2D eigenvalue weighted by Gasteiger charge is -2.57. The molecule has 182 valence electrons. The molecule has 5 fully saturated rings. The summed E-state index contributed by atoms with van der Waals surface area (Å²) in [4.78, 5) is 29.0. The smallest absolute Gasteiger partial charge is 0.227 e. The summed E-state index contributed by atoms with van der Waals surface area (Å²) in [6.07, 6.45) is 16.5. The van der Waals surface area contributed by atoms with Gasteiger partial charge in [-0.15, -0.1) is 0 Å². The number of carbonyl (C=O) groups excluding carboxylic acids is 2. The number of carbonyl (C=O) groups is 2. The van der Waals surface area contributed by atoms with E-state index in [9.17, 15) is 9.59 Å². The summed E-state index contributed by atoms with van der Waals surface area (Å²) < 4.78 is 5.49. The number of nitrogens with zero attached hydrogens (tertiary/aromatic N) is 2. The fourth-order valence-corrected chi connectivity index (χ4v) is 8.00. The summed E-state index contributed by atoms with van der Waals surface area (Å²) in [5.41, 5.74) is -0.0373. The largest absolute Gasteiger partial charge is 0.356 e. The Morgan fingerprint density at radius 2 is 1.64 bits per heavy atom. The lowest BCUT2D eigenvalue weighted by Crippen LogP contribution is -2.47. The molecule has 1 aromatic rings. The average molecular weight is 457 g/mol. The maximum absolute atomic E-state index is 12.5. The molecule has 4 bridgehead atoms. The van der Waals surface area contributed by atoms with E-state index < -0.39 is 5.54 Å². The molecule has 1 aromatic heterocycles. The molecule has 0 aliphatic heterocycles. The zero-order chi connectivity index (χ0) is 22.9. The molecule has 5 aliphatic carbocycles. The van der Waals surface area contributed by atoms with Gasteiger partial charge in [-0.05, 0) is 81.0 Å². The minimum Gasteiger partial charge on any atom is -0.356 e. The second-order valence-corrected chi connectivity index (χ2v) is 11.7. The van der Waals surface area contributed by atoms with E-state index in [1.807, 2.05) is 0 Å². The Morgan fingerprint density at radius 1 is 1.00 bits per heavy atom. The molecule has 7 nitrogen and oxygen atoms in total. The molecule has 2 amide bonds. The molecule has 5 saturated carbocycles. The highest BCUT2D eigenvalue weighted by molar-refractivity contribution is 5.76. The molecular formula is C26H40N4O3. The zero-order valence-corrected chi connectivity index (χ0v) is 20.2. The third kappa shape index (κ3) is 5.12. The van der Waals surface area contributed by atoms with Gasteiger partial charge in [0.05, 0.1) is 0 Å². The first-order valence-electron chi connectivity index (χ1n) is 13.3. The lowest BCUT2D eigenvalue weighted by molar-refractivity contribution is -0.122. The van der Waals surface area contributed by atoms with E-state index in [4.69, 9.17) is 4.52 Å². The van der Waals surface area contributed by atoms with Crippen LogP contribution in [0.4, 0.5) is 0 Å². The second-order valence-electron chi connectivity index (χ2n) is 11.7. The SMILES string of the molecule is CC(=O)NC1(c2noc(CCC(=O)NCCC34CC5CC(CC(C5)C3)C4)n2)CCCCCC1. The van der Waals surface area contributed by atoms with Gasteiger partial charge in [0, 0.05) is 26.3 Å². The van der Waals surface area contributed by atoms with Crippen LogP contribution in [0.2, 0.25) is 0 Å². The predicted molar refractivity (Wildman–Crippen MR) is 124 cm³/mol. The number of rotatable bonds is 8. The summed E-state index contributed by atoms with van der Waals surface area (Å²) in [5.74, 6) is 3.90. The van der Waals surface area contributed by atoms with Gasteiger partial charge in [-0.25, -0.2) is 0 Å². The van der Waals surface area contributed by atoms with Gasteiger partial charge in [0.2, 0.25) is 17.7 Å². The highest BCUT2D eigenvalue weighted by Crippen LogP contribution is 2.61. The molecule has 0 spiro atoms. The number of aromatic nitrogens is 2. The molecule has 2 N–H and O–H groups in total. The van der Waals surface area contributed by atoms with Crippen LogP contribution in [0.15, 0.2) is 4.52 Å². The standard InChI is InChI=1S/C26H40N4O3/c1-18(31)29-26(8-4-2-3-5-9-26)24-28-23(33-30-24)7-6-22(32)27-11-10-25-15-19-12-20(16-25)14-21(13-19)17-25/h19-21H,2-17H2,1H3,(H,27,32)(H,29,31). The Kier molecular flexibility index (Phi) is 6.49. The Balaban J connectivity index is 1.11. The molecule has 0 unspecified atom stereocenters. The predicted octanol–water partition coefficient (Wildman–Crippen LogP) is 4.41. The van der Waals surface area contributed by atoms with Crippen LogP contribution in [0.3, 0.4) is 0 Å². The summed E-state index contributed by atoms with van der Waals surface area (Å²) in [6.45, 7) is 2.33. The van der Waals surface area contributed by atoms with E-state index in [1.165, 1.54) is 38.5 Å². The molecule has 6 rings (SSSR count). The highest BCUT2D eigenvalue weighted by Gasteiger charge is 2.50. The number of hydrogen-bond donors (Lipinski definition) is 2. The molecule has 0 aromatic carbocycles. The van der Waals surface area contributed by atoms with Crippen molar-refractivity contribution in [3.8, 4) is 0 Å². The lowest BCUT2D eigenvalue weighted by atomic mass is 9.49. The zero-order valence-electron chi connectivity index (χ0n) is 20.2. The van der Waals surface area contributed by atoms with Crippen molar-refractivity contribution >= 4 is 11.8 Å². The van der Waals surface area contributed by atoms with Gasteiger partial charge in [0.25, 0.3) is 0 Å². The van der Waals surface area contributed by atoms with Gasteiger partial charge in [-0.2, -0.15) is 4.98 Å². The van der Waals surface area contributed by atoms with Crippen molar-refractivity contribution in [3.63, 3.8) is 0 Å². The Bertz CT molecular complexity index is 820. The van der Waals surface area contributed by atoms with Crippen LogP contribution in [0.25, 0.3) is 0 Å². The summed E-state index contributed by atoms with van der Waals surface area (Å²) >= 11 is 0. The molecule has 0 radical (unpaired) electrons. The van der Waals surface area contributed by atoms with Crippen molar-refractivity contribution in [2.45, 2.75) is 109 Å². The van der Waals surface area contributed by atoms with E-state index in [0.29, 0.717) is 30.0 Å². The van der Waals surface area contributed by atoms with Crippen molar-refractivity contribution in [1.82, 2.24) is 20.8 Å². The molecular weight excluding hydrogens is 416 g/mol. The number of hydrogen-bond acceptors (Lipinski definition) is 5. The molecule has 33 heavy (non-hydrogen) atoms. The van der Waals surface area contributed by atoms with Crippen molar-refractivity contribution in [2.24, 2.45) is 23.2 Å². The quantitative estimate of drug-likeness (QED) is 0.565. The highest BCUT2D eigenvalue weighted by atomic mass is 16.5. The van der Waals surface area contributed by atoms with Gasteiger partial charge in [0.15, 0.2) is 5.82 Å². The molecule has 1 heterocycles. The first-order valence-corrected chi connectivity index (χ1v) is 13.3. The van der Waals surface area contributed by atoms with E-state index >= 15 is 0 Å². The van der Waals surface area contributed by atoms with Crippen LogP contribution < -0.4 is 10.6 Å². The van der Waals surface area contributed by atoms with Crippen LogP contribution in [0, 0.1) is 23.2 Å². The van der Waals surface area contributed by atoms with Crippen molar-refractivity contribution < 1.29 is 14.1 Å². The summed E-state index contributed by atoms with van der Waals surface area (Å²) in [7, 11) is 0. The van der Waals surface area contributed by atoms with Crippen LogP contribution in [-0.2, 0) is 21.5 Å². The van der Waals surface area contributed by atoms with E-state index in [0.717, 1.165) is 69.2 Å². The Labute approximate surface area is 197 Å². The van der Waals surface area contributed by atoms with Crippen LogP contribution in [-0.4, -0.2) is 28.5 Å². The van der Waals surface area contributed by atoms with Crippen molar-refractivity contribution in [1.29, 1.82) is 0 Å². The van der Waals surface area contributed by atoms with Crippen LogP contribution >= 0.6 is 0 Å². The first-order chi connectivity index (χ1) is 15.9. The molecule has 5 aliphatic rings. The molecule has 0 saturated heterocycles. The Hall–Kier alpha value is -1.92. The van der Waals surface area contributed by atoms with E-state index in [2.05, 4.69) is 20.8 Å². The van der Waals surface area contributed by atoms with Crippen molar-refractivity contribution in [3.05, 3.63) is 11.7 Å². The maximum atomic E-state index is 12.5. The molecule has 0 atom stereocenters. The van der Waals surface area contributed by atoms with Gasteiger partial charge in [0.1, 0.15) is 5.54 Å².